The van der Waals surface area contributed by atoms with Crippen molar-refractivity contribution in [1.82, 2.24) is 10.2 Å². The summed E-state index contributed by atoms with van der Waals surface area (Å²) < 4.78 is 79.0. The van der Waals surface area contributed by atoms with E-state index >= 15 is 0 Å². The first-order valence-electron chi connectivity index (χ1n) is 9.41. The number of benzene rings is 2. The molecule has 0 bridgehead atoms. The van der Waals surface area contributed by atoms with Gasteiger partial charge in [0.1, 0.15) is 0 Å². The fourth-order valence-corrected chi connectivity index (χ4v) is 3.92. The van der Waals surface area contributed by atoms with Gasteiger partial charge in [0.2, 0.25) is 0 Å². The maximum atomic E-state index is 13.2. The SMILES string of the molecule is CN(C(=O)c1cc(C(F)(F)F)cc(C(F)(F)F)c1)[C@@H]1CCNC[C@H]1c1ccc(Cl)cc1. The third-order valence-electron chi connectivity index (χ3n) is 5.40. The van der Waals surface area contributed by atoms with Crippen molar-refractivity contribution in [3.8, 4) is 0 Å². The van der Waals surface area contributed by atoms with Crippen molar-refractivity contribution in [2.75, 3.05) is 20.1 Å². The monoisotopic (exact) mass is 464 g/mol. The lowest BCUT2D eigenvalue weighted by atomic mass is 9.85. The van der Waals surface area contributed by atoms with Gasteiger partial charge in [0, 0.05) is 36.1 Å². The number of hydrogen-bond donors (Lipinski definition) is 1. The summed E-state index contributed by atoms with van der Waals surface area (Å²) in [5, 5.41) is 3.73. The fourth-order valence-electron chi connectivity index (χ4n) is 3.79. The molecule has 0 aliphatic carbocycles. The van der Waals surface area contributed by atoms with E-state index in [1.165, 1.54) is 11.9 Å². The molecule has 3 nitrogen and oxygen atoms in total. The minimum Gasteiger partial charge on any atom is -0.338 e. The van der Waals surface area contributed by atoms with E-state index in [1.807, 2.05) is 0 Å². The molecule has 0 saturated carbocycles. The first-order chi connectivity index (χ1) is 14.4. The van der Waals surface area contributed by atoms with Crippen LogP contribution in [0.25, 0.3) is 0 Å². The maximum Gasteiger partial charge on any atom is 0.416 e. The van der Waals surface area contributed by atoms with Crippen LogP contribution in [0.5, 0.6) is 0 Å². The highest BCUT2D eigenvalue weighted by Gasteiger charge is 2.39. The largest absolute Gasteiger partial charge is 0.416 e. The van der Waals surface area contributed by atoms with Crippen molar-refractivity contribution in [2.24, 2.45) is 0 Å². The molecule has 1 amide bonds. The predicted molar refractivity (Wildman–Crippen MR) is 104 cm³/mol. The van der Waals surface area contributed by atoms with Crippen LogP contribution >= 0.6 is 11.6 Å². The number of nitrogens with one attached hydrogen (secondary N) is 1. The fraction of sp³-hybridized carbons (Fsp3) is 0.381. The first-order valence-corrected chi connectivity index (χ1v) is 9.78. The summed E-state index contributed by atoms with van der Waals surface area (Å²) in [5.41, 5.74) is -2.82. The van der Waals surface area contributed by atoms with E-state index in [0.717, 1.165) is 5.56 Å². The third-order valence-corrected chi connectivity index (χ3v) is 5.65. The summed E-state index contributed by atoms with van der Waals surface area (Å²) in [6.07, 6.45) is -9.55. The van der Waals surface area contributed by atoms with Crippen LogP contribution in [0.3, 0.4) is 0 Å². The van der Waals surface area contributed by atoms with Gasteiger partial charge in [0.15, 0.2) is 0 Å². The Labute approximate surface area is 180 Å². The Morgan fingerprint density at radius 1 is 1.00 bits per heavy atom. The number of alkyl halides is 6. The van der Waals surface area contributed by atoms with Crippen molar-refractivity contribution in [1.29, 1.82) is 0 Å². The molecule has 1 heterocycles. The molecule has 2 aromatic rings. The highest BCUT2D eigenvalue weighted by atomic mass is 35.5. The number of likely N-dealkylation sites (N-methyl/N-ethyl adjacent to an activating group) is 1. The summed E-state index contributed by atoms with van der Waals surface area (Å²) in [6, 6.07) is 7.48. The number of nitrogens with zero attached hydrogens (tertiary/aromatic N) is 1. The van der Waals surface area contributed by atoms with Crippen LogP contribution in [-0.4, -0.2) is 37.0 Å². The predicted octanol–water partition coefficient (Wildman–Crippen LogP) is 5.60. The Morgan fingerprint density at radius 2 is 1.55 bits per heavy atom. The molecule has 168 valence electrons. The van der Waals surface area contributed by atoms with Crippen molar-refractivity contribution >= 4 is 17.5 Å². The van der Waals surface area contributed by atoms with Crippen LogP contribution in [0.15, 0.2) is 42.5 Å². The molecule has 2 atom stereocenters. The summed E-state index contributed by atoms with van der Waals surface area (Å²) in [5.74, 6) is -1.10. The van der Waals surface area contributed by atoms with Crippen molar-refractivity contribution in [3.05, 3.63) is 69.7 Å². The summed E-state index contributed by atoms with van der Waals surface area (Å²) in [4.78, 5) is 14.2. The highest BCUT2D eigenvalue weighted by molar-refractivity contribution is 6.30. The second-order valence-corrected chi connectivity index (χ2v) is 7.87. The molecule has 1 fully saturated rings. The highest BCUT2D eigenvalue weighted by Crippen LogP contribution is 2.37. The van der Waals surface area contributed by atoms with Crippen molar-refractivity contribution in [3.63, 3.8) is 0 Å². The van der Waals surface area contributed by atoms with E-state index in [-0.39, 0.29) is 12.0 Å². The second kappa shape index (κ2) is 8.70. The smallest absolute Gasteiger partial charge is 0.338 e. The van der Waals surface area contributed by atoms with E-state index in [1.54, 1.807) is 24.3 Å². The number of rotatable bonds is 3. The van der Waals surface area contributed by atoms with Gasteiger partial charge in [-0.25, -0.2) is 0 Å². The Bertz CT molecular complexity index is 910. The number of piperidine rings is 1. The topological polar surface area (TPSA) is 32.3 Å². The average molecular weight is 465 g/mol. The van der Waals surface area contributed by atoms with E-state index < -0.39 is 41.0 Å². The lowest BCUT2D eigenvalue weighted by Crippen LogP contribution is -2.49. The van der Waals surface area contributed by atoms with Gasteiger partial charge >= 0.3 is 12.4 Å². The molecule has 1 saturated heterocycles. The van der Waals surface area contributed by atoms with E-state index in [4.69, 9.17) is 11.6 Å². The summed E-state index contributed by atoms with van der Waals surface area (Å²) in [6.45, 7) is 1.06. The molecule has 1 aliphatic heterocycles. The molecule has 10 heteroatoms. The van der Waals surface area contributed by atoms with Gasteiger partial charge in [-0.1, -0.05) is 23.7 Å². The van der Waals surface area contributed by atoms with Gasteiger partial charge in [-0.3, -0.25) is 4.79 Å². The van der Waals surface area contributed by atoms with Gasteiger partial charge in [0.25, 0.3) is 5.91 Å². The third kappa shape index (κ3) is 5.33. The van der Waals surface area contributed by atoms with Crippen LogP contribution in [0.4, 0.5) is 26.3 Å². The Balaban J connectivity index is 1.96. The molecule has 1 aliphatic rings. The zero-order valence-corrected chi connectivity index (χ0v) is 17.1. The zero-order valence-electron chi connectivity index (χ0n) is 16.3. The van der Waals surface area contributed by atoms with Crippen molar-refractivity contribution in [2.45, 2.75) is 30.7 Å². The molecule has 31 heavy (non-hydrogen) atoms. The minimum absolute atomic E-state index is 0.0117. The lowest BCUT2D eigenvalue weighted by Gasteiger charge is -2.39. The first kappa shape index (κ1) is 23.4. The molecule has 3 rings (SSSR count). The standard InChI is InChI=1S/C21H19ClF6N2O/c1-30(18-6-7-29-11-17(18)12-2-4-16(22)5-3-12)19(31)13-8-14(20(23,24)25)10-15(9-13)21(26,27)28/h2-5,8-10,17-18,29H,6-7,11H2,1H3/t17-,18+/m0/s1. The van der Waals surface area contributed by atoms with Crippen LogP contribution in [0.2, 0.25) is 5.02 Å². The number of amides is 1. The zero-order chi connectivity index (χ0) is 23.0. The van der Waals surface area contributed by atoms with Crippen LogP contribution in [-0.2, 0) is 12.4 Å². The molecule has 0 unspecified atom stereocenters. The van der Waals surface area contributed by atoms with Gasteiger partial charge in [-0.05, 0) is 48.9 Å². The van der Waals surface area contributed by atoms with Gasteiger partial charge in [0.05, 0.1) is 11.1 Å². The van der Waals surface area contributed by atoms with Crippen LogP contribution in [0, 0.1) is 0 Å². The van der Waals surface area contributed by atoms with E-state index in [9.17, 15) is 31.1 Å². The Hall–Kier alpha value is -2.26. The van der Waals surface area contributed by atoms with Crippen LogP contribution < -0.4 is 5.32 Å². The Morgan fingerprint density at radius 3 is 2.06 bits per heavy atom. The summed E-state index contributed by atoms with van der Waals surface area (Å²) >= 11 is 5.92. The molecule has 1 N–H and O–H groups in total. The molecule has 0 radical (unpaired) electrons. The molecule has 2 aromatic carbocycles. The quantitative estimate of drug-likeness (QED) is 0.600. The van der Waals surface area contributed by atoms with Crippen molar-refractivity contribution < 1.29 is 31.1 Å². The number of carbonyl (C=O) groups excluding carboxylic acids is 1. The van der Waals surface area contributed by atoms with E-state index in [0.29, 0.717) is 36.7 Å². The van der Waals surface area contributed by atoms with Crippen LogP contribution in [0.1, 0.15) is 39.4 Å². The van der Waals surface area contributed by atoms with Gasteiger partial charge in [-0.15, -0.1) is 0 Å². The normalized spacial score (nSPS) is 19.9. The number of halogens is 7. The molecular weight excluding hydrogens is 446 g/mol. The number of carbonyl (C=O) groups is 1. The number of hydrogen-bond acceptors (Lipinski definition) is 2. The molecule has 0 spiro atoms. The minimum atomic E-state index is -5.02. The Kier molecular flexibility index (Phi) is 6.57. The lowest BCUT2D eigenvalue weighted by molar-refractivity contribution is -0.143. The van der Waals surface area contributed by atoms with E-state index in [2.05, 4.69) is 5.32 Å². The summed E-state index contributed by atoms with van der Waals surface area (Å²) in [7, 11) is 1.40. The maximum absolute atomic E-state index is 13.2. The van der Waals surface area contributed by atoms with Gasteiger partial charge in [-0.2, -0.15) is 26.3 Å². The second-order valence-electron chi connectivity index (χ2n) is 7.43. The molecule has 0 aromatic heterocycles. The molecular formula is C21H19ClF6N2O. The van der Waals surface area contributed by atoms with Gasteiger partial charge < -0.3 is 10.2 Å². The average Bonchev–Trinajstić information content (AvgIpc) is 2.71.